The number of carbonyl (C=O) groups excluding carboxylic acids is 2. The van der Waals surface area contributed by atoms with Gasteiger partial charge in [0.05, 0.1) is 17.1 Å². The maximum atomic E-state index is 13.1. The standard InChI is InChI=1S/C23H18N6O2S/c30-20-14-28(19-11-5-4-10-18(19)25-20)21(31)15-32-23-27-26-22(16-7-6-12-24-13-16)29(23)17-8-2-1-3-9-17/h1-13H,14-15H2,(H,25,30). The number of carbonyl (C=O) groups is 2. The highest BCUT2D eigenvalue weighted by Gasteiger charge is 2.27. The Bertz CT molecular complexity index is 1280. The molecule has 1 aliphatic heterocycles. The number of rotatable bonds is 5. The van der Waals surface area contributed by atoms with Gasteiger partial charge in [0.1, 0.15) is 6.54 Å². The van der Waals surface area contributed by atoms with Crippen molar-refractivity contribution in [2.24, 2.45) is 0 Å². The number of aromatic nitrogens is 4. The Hall–Kier alpha value is -3.98. The van der Waals surface area contributed by atoms with Crippen molar-refractivity contribution in [1.29, 1.82) is 0 Å². The highest BCUT2D eigenvalue weighted by molar-refractivity contribution is 7.99. The molecule has 0 saturated carbocycles. The van der Waals surface area contributed by atoms with Crippen LogP contribution in [0.4, 0.5) is 11.4 Å². The summed E-state index contributed by atoms with van der Waals surface area (Å²) in [5.74, 6) is 0.359. The van der Waals surface area contributed by atoms with Crippen LogP contribution in [0.1, 0.15) is 0 Å². The SMILES string of the molecule is O=C1CN(C(=O)CSc2nnc(-c3cccnc3)n2-c2ccccc2)c2ccccc2N1. The third-order valence-electron chi connectivity index (χ3n) is 4.96. The van der Waals surface area contributed by atoms with E-state index in [9.17, 15) is 9.59 Å². The fourth-order valence-electron chi connectivity index (χ4n) is 3.52. The highest BCUT2D eigenvalue weighted by Crippen LogP contribution is 2.31. The van der Waals surface area contributed by atoms with E-state index in [1.165, 1.54) is 16.7 Å². The van der Waals surface area contributed by atoms with Crippen LogP contribution in [0.5, 0.6) is 0 Å². The fraction of sp³-hybridized carbons (Fsp3) is 0.0870. The number of benzene rings is 2. The van der Waals surface area contributed by atoms with Gasteiger partial charge in [0, 0.05) is 23.6 Å². The molecule has 0 unspecified atom stereocenters. The van der Waals surface area contributed by atoms with Gasteiger partial charge in [-0.1, -0.05) is 42.1 Å². The van der Waals surface area contributed by atoms with Gasteiger partial charge in [-0.25, -0.2) is 0 Å². The number of hydrogen-bond donors (Lipinski definition) is 1. The molecule has 0 fully saturated rings. The van der Waals surface area contributed by atoms with E-state index in [0.29, 0.717) is 22.4 Å². The number of thioether (sulfide) groups is 1. The molecule has 9 heteroatoms. The Morgan fingerprint density at radius 3 is 2.62 bits per heavy atom. The monoisotopic (exact) mass is 442 g/mol. The Morgan fingerprint density at radius 2 is 1.81 bits per heavy atom. The van der Waals surface area contributed by atoms with Crippen LogP contribution in [-0.4, -0.2) is 43.9 Å². The smallest absolute Gasteiger partial charge is 0.244 e. The number of nitrogens with zero attached hydrogens (tertiary/aromatic N) is 5. The zero-order valence-corrected chi connectivity index (χ0v) is 17.7. The number of nitrogens with one attached hydrogen (secondary N) is 1. The first kappa shape index (κ1) is 20.0. The summed E-state index contributed by atoms with van der Waals surface area (Å²) in [6.07, 6.45) is 3.43. The van der Waals surface area contributed by atoms with Crippen LogP contribution in [0, 0.1) is 0 Å². The third-order valence-corrected chi connectivity index (χ3v) is 5.88. The number of pyridine rings is 1. The average Bonchev–Trinajstić information content (AvgIpc) is 3.27. The predicted molar refractivity (Wildman–Crippen MR) is 123 cm³/mol. The first-order valence-corrected chi connectivity index (χ1v) is 10.9. The lowest BCUT2D eigenvalue weighted by atomic mass is 10.2. The first-order valence-electron chi connectivity index (χ1n) is 9.94. The van der Waals surface area contributed by atoms with Crippen molar-refractivity contribution in [3.63, 3.8) is 0 Å². The zero-order chi connectivity index (χ0) is 21.9. The minimum atomic E-state index is -0.214. The quantitative estimate of drug-likeness (QED) is 0.476. The van der Waals surface area contributed by atoms with Crippen LogP contribution in [0.25, 0.3) is 17.1 Å². The molecule has 1 N–H and O–H groups in total. The van der Waals surface area contributed by atoms with E-state index in [1.54, 1.807) is 18.5 Å². The Kier molecular flexibility index (Phi) is 5.39. The summed E-state index contributed by atoms with van der Waals surface area (Å²) in [6, 6.07) is 20.8. The molecule has 32 heavy (non-hydrogen) atoms. The van der Waals surface area contributed by atoms with Crippen molar-refractivity contribution < 1.29 is 9.59 Å². The second kappa shape index (κ2) is 8.64. The first-order chi connectivity index (χ1) is 15.7. The molecule has 8 nitrogen and oxygen atoms in total. The minimum absolute atomic E-state index is 0.0112. The molecule has 0 aliphatic carbocycles. The van der Waals surface area contributed by atoms with Gasteiger partial charge in [0.25, 0.3) is 0 Å². The number of anilines is 2. The zero-order valence-electron chi connectivity index (χ0n) is 16.9. The summed E-state index contributed by atoms with van der Waals surface area (Å²) in [7, 11) is 0. The van der Waals surface area contributed by atoms with Crippen molar-refractivity contribution in [2.45, 2.75) is 5.16 Å². The summed E-state index contributed by atoms with van der Waals surface area (Å²) in [4.78, 5) is 30.8. The van der Waals surface area contributed by atoms with E-state index in [0.717, 1.165) is 11.3 Å². The molecule has 0 atom stereocenters. The lowest BCUT2D eigenvalue weighted by molar-refractivity contribution is -0.120. The summed E-state index contributed by atoms with van der Waals surface area (Å²) in [6.45, 7) is -0.0112. The fourth-order valence-corrected chi connectivity index (χ4v) is 4.34. The van der Waals surface area contributed by atoms with Gasteiger partial charge < -0.3 is 10.2 Å². The lowest BCUT2D eigenvalue weighted by Gasteiger charge is -2.29. The molecule has 0 radical (unpaired) electrons. The van der Waals surface area contributed by atoms with Crippen molar-refractivity contribution in [3.05, 3.63) is 79.1 Å². The maximum absolute atomic E-state index is 13.1. The summed E-state index contributed by atoms with van der Waals surface area (Å²) in [5.41, 5.74) is 3.03. The second-order valence-corrected chi connectivity index (χ2v) is 8.00. The number of fused-ring (bicyclic) bond motifs is 1. The number of amides is 2. The van der Waals surface area contributed by atoms with Crippen molar-refractivity contribution in [1.82, 2.24) is 19.7 Å². The van der Waals surface area contributed by atoms with E-state index in [-0.39, 0.29) is 24.1 Å². The largest absolute Gasteiger partial charge is 0.323 e. The Labute approximate surface area is 188 Å². The molecular formula is C23H18N6O2S. The number of hydrogen-bond acceptors (Lipinski definition) is 6. The molecule has 5 rings (SSSR count). The van der Waals surface area contributed by atoms with E-state index in [2.05, 4.69) is 20.5 Å². The molecule has 2 amide bonds. The summed E-state index contributed by atoms with van der Waals surface area (Å²) >= 11 is 1.28. The molecular weight excluding hydrogens is 424 g/mol. The normalized spacial score (nSPS) is 12.9. The van der Waals surface area contributed by atoms with E-state index in [4.69, 9.17) is 0 Å². The summed E-state index contributed by atoms with van der Waals surface area (Å²) < 4.78 is 1.91. The van der Waals surface area contributed by atoms with Crippen molar-refractivity contribution in [2.75, 3.05) is 22.5 Å². The van der Waals surface area contributed by atoms with Crippen LogP contribution in [0.15, 0.2) is 84.3 Å². The van der Waals surface area contributed by atoms with Crippen LogP contribution in [-0.2, 0) is 9.59 Å². The van der Waals surface area contributed by atoms with Crippen molar-refractivity contribution in [3.8, 4) is 17.1 Å². The van der Waals surface area contributed by atoms with Crippen LogP contribution < -0.4 is 10.2 Å². The van der Waals surface area contributed by atoms with Gasteiger partial charge in [-0.05, 0) is 36.4 Å². The van der Waals surface area contributed by atoms with Gasteiger partial charge in [0.2, 0.25) is 11.8 Å². The molecule has 2 aromatic heterocycles. The van der Waals surface area contributed by atoms with E-state index >= 15 is 0 Å². The van der Waals surface area contributed by atoms with Crippen LogP contribution in [0.3, 0.4) is 0 Å². The molecule has 158 valence electrons. The minimum Gasteiger partial charge on any atom is -0.323 e. The van der Waals surface area contributed by atoms with E-state index in [1.807, 2.05) is 65.2 Å². The third kappa shape index (κ3) is 3.85. The van der Waals surface area contributed by atoms with Gasteiger partial charge in [-0.3, -0.25) is 19.1 Å². The Morgan fingerprint density at radius 1 is 1.00 bits per heavy atom. The topological polar surface area (TPSA) is 93.0 Å². The van der Waals surface area contributed by atoms with Crippen molar-refractivity contribution >= 4 is 35.0 Å². The molecule has 2 aromatic carbocycles. The maximum Gasteiger partial charge on any atom is 0.244 e. The Balaban J connectivity index is 1.44. The summed E-state index contributed by atoms with van der Waals surface area (Å²) in [5, 5.41) is 12.1. The second-order valence-electron chi connectivity index (χ2n) is 7.05. The number of para-hydroxylation sites is 3. The molecule has 4 aromatic rings. The van der Waals surface area contributed by atoms with Gasteiger partial charge in [-0.2, -0.15) is 0 Å². The predicted octanol–water partition coefficient (Wildman–Crippen LogP) is 3.41. The van der Waals surface area contributed by atoms with Crippen LogP contribution in [0.2, 0.25) is 0 Å². The lowest BCUT2D eigenvalue weighted by Crippen LogP contribution is -2.43. The van der Waals surface area contributed by atoms with Crippen LogP contribution >= 0.6 is 11.8 Å². The van der Waals surface area contributed by atoms with Gasteiger partial charge in [-0.15, -0.1) is 10.2 Å². The molecule has 0 spiro atoms. The molecule has 1 aliphatic rings. The van der Waals surface area contributed by atoms with Gasteiger partial charge in [0.15, 0.2) is 11.0 Å². The molecule has 0 saturated heterocycles. The highest BCUT2D eigenvalue weighted by atomic mass is 32.2. The van der Waals surface area contributed by atoms with Gasteiger partial charge >= 0.3 is 0 Å². The molecule has 0 bridgehead atoms. The average molecular weight is 443 g/mol. The van der Waals surface area contributed by atoms with E-state index < -0.39 is 0 Å². The molecule has 3 heterocycles.